The number of nitrogens with zero attached hydrogens (tertiary/aromatic N) is 1. The molecule has 2 aromatic carbocycles. The molecule has 1 aliphatic rings. The summed E-state index contributed by atoms with van der Waals surface area (Å²) in [6, 6.07) is 10.7. The number of carbonyl (C=O) groups excluding carboxylic acids is 1. The number of nitrogens with one attached hydrogen (secondary N) is 1. The Morgan fingerprint density at radius 1 is 1.25 bits per heavy atom. The van der Waals surface area contributed by atoms with Crippen molar-refractivity contribution in [2.24, 2.45) is 0 Å². The Hall–Kier alpha value is -2.53. The molecule has 1 N–H and O–H groups in total. The number of aromatic nitrogens is 1. The van der Waals surface area contributed by atoms with Gasteiger partial charge in [0.15, 0.2) is 0 Å². The van der Waals surface area contributed by atoms with Gasteiger partial charge in [-0.1, -0.05) is 13.0 Å². The van der Waals surface area contributed by atoms with Gasteiger partial charge in [-0.2, -0.15) is 0 Å². The zero-order valence-corrected chi connectivity index (χ0v) is 13.9. The molecule has 1 amide bonds. The highest BCUT2D eigenvalue weighted by atomic mass is 32.1. The lowest BCUT2D eigenvalue weighted by molar-refractivity contribution is -0.115. The van der Waals surface area contributed by atoms with E-state index in [1.165, 1.54) is 6.07 Å². The largest absolute Gasteiger partial charge is 0.326 e. The van der Waals surface area contributed by atoms with Gasteiger partial charge in [0, 0.05) is 22.2 Å². The third kappa shape index (κ3) is 2.61. The van der Waals surface area contributed by atoms with Crippen molar-refractivity contribution in [1.82, 2.24) is 4.98 Å². The highest BCUT2D eigenvalue weighted by Gasteiger charge is 2.18. The fraction of sp³-hybridized carbons (Fsp3) is 0.158. The summed E-state index contributed by atoms with van der Waals surface area (Å²) in [6.45, 7) is 2.01. The van der Waals surface area contributed by atoms with E-state index in [-0.39, 0.29) is 11.7 Å². The van der Waals surface area contributed by atoms with Crippen LogP contribution in [0.15, 0.2) is 41.8 Å². The van der Waals surface area contributed by atoms with E-state index >= 15 is 0 Å². The molecule has 0 radical (unpaired) electrons. The Balaban J connectivity index is 1.71. The summed E-state index contributed by atoms with van der Waals surface area (Å²) in [4.78, 5) is 16.2. The molecule has 0 atom stereocenters. The maximum absolute atomic E-state index is 13.4. The molecule has 1 aromatic heterocycles. The zero-order chi connectivity index (χ0) is 16.7. The molecule has 0 unspecified atom stereocenters. The van der Waals surface area contributed by atoms with Crippen molar-refractivity contribution in [3.05, 3.63) is 58.7 Å². The van der Waals surface area contributed by atoms with E-state index in [2.05, 4.69) is 5.32 Å². The zero-order valence-electron chi connectivity index (χ0n) is 13.1. The van der Waals surface area contributed by atoms with Crippen LogP contribution < -0.4 is 5.32 Å². The van der Waals surface area contributed by atoms with Gasteiger partial charge in [-0.05, 0) is 47.9 Å². The van der Waals surface area contributed by atoms with E-state index in [1.54, 1.807) is 23.5 Å². The van der Waals surface area contributed by atoms with Crippen LogP contribution in [0.2, 0.25) is 0 Å². The minimum atomic E-state index is -0.219. The Bertz CT molecular complexity index is 948. The number of thiazole rings is 1. The van der Waals surface area contributed by atoms with Crippen LogP contribution in [0.1, 0.15) is 18.1 Å². The third-order valence-corrected chi connectivity index (χ3v) is 5.08. The van der Waals surface area contributed by atoms with Crippen molar-refractivity contribution in [2.75, 3.05) is 5.32 Å². The molecule has 5 heteroatoms. The van der Waals surface area contributed by atoms with Crippen LogP contribution in [-0.2, 0) is 17.6 Å². The van der Waals surface area contributed by atoms with Crippen LogP contribution in [0.25, 0.3) is 21.8 Å². The number of aryl methyl sites for hydroxylation is 1. The molecular weight excluding hydrogens is 323 g/mol. The molecule has 2 heterocycles. The Kier molecular flexibility index (Phi) is 3.65. The minimum absolute atomic E-state index is 0.0278. The summed E-state index contributed by atoms with van der Waals surface area (Å²) in [5.74, 6) is -0.191. The lowest BCUT2D eigenvalue weighted by Crippen LogP contribution is -2.03. The predicted octanol–water partition coefficient (Wildman–Crippen LogP) is 4.67. The first kappa shape index (κ1) is 15.0. The summed E-state index contributed by atoms with van der Waals surface area (Å²) in [7, 11) is 0. The molecule has 120 valence electrons. The average molecular weight is 338 g/mol. The number of amides is 1. The Morgan fingerprint density at radius 2 is 2.12 bits per heavy atom. The van der Waals surface area contributed by atoms with Crippen LogP contribution in [0.4, 0.5) is 10.1 Å². The maximum Gasteiger partial charge on any atom is 0.228 e. The minimum Gasteiger partial charge on any atom is -0.326 e. The summed E-state index contributed by atoms with van der Waals surface area (Å²) in [5, 5.41) is 5.72. The molecule has 0 saturated carbocycles. The number of hydrogen-bond acceptors (Lipinski definition) is 3. The number of hydrogen-bond donors (Lipinski definition) is 1. The number of rotatable bonds is 3. The number of benzene rings is 2. The topological polar surface area (TPSA) is 42.0 Å². The van der Waals surface area contributed by atoms with Crippen molar-refractivity contribution in [3.8, 4) is 21.8 Å². The van der Waals surface area contributed by atoms with Crippen LogP contribution in [0.5, 0.6) is 0 Å². The average Bonchev–Trinajstić information content (AvgIpc) is 3.19. The second-order valence-corrected chi connectivity index (χ2v) is 6.65. The SMILES string of the molecule is CCc1cc(F)ccc1-c1nc(-c2ccc3c(c2)CC(=O)N3)cs1. The molecule has 0 bridgehead atoms. The van der Waals surface area contributed by atoms with E-state index < -0.39 is 0 Å². The van der Waals surface area contributed by atoms with E-state index in [0.717, 1.165) is 45.1 Å². The lowest BCUT2D eigenvalue weighted by atomic mass is 10.1. The lowest BCUT2D eigenvalue weighted by Gasteiger charge is -2.05. The van der Waals surface area contributed by atoms with Gasteiger partial charge in [0.2, 0.25) is 5.91 Å². The first-order valence-corrected chi connectivity index (χ1v) is 8.69. The molecule has 0 saturated heterocycles. The van der Waals surface area contributed by atoms with Gasteiger partial charge >= 0.3 is 0 Å². The van der Waals surface area contributed by atoms with Gasteiger partial charge in [0.05, 0.1) is 12.1 Å². The smallest absolute Gasteiger partial charge is 0.228 e. The van der Waals surface area contributed by atoms with Crippen molar-refractivity contribution >= 4 is 22.9 Å². The normalized spacial score (nSPS) is 13.0. The number of carbonyl (C=O) groups is 1. The van der Waals surface area contributed by atoms with E-state index in [0.29, 0.717) is 6.42 Å². The molecule has 3 aromatic rings. The van der Waals surface area contributed by atoms with Gasteiger partial charge in [-0.25, -0.2) is 9.37 Å². The fourth-order valence-electron chi connectivity index (χ4n) is 2.98. The standard InChI is InChI=1S/C19H15FN2OS/c1-2-11-8-14(20)4-5-15(11)19-22-17(10-24-19)12-3-6-16-13(7-12)9-18(23)21-16/h3-8,10H,2,9H2,1H3,(H,21,23). The maximum atomic E-state index is 13.4. The summed E-state index contributed by atoms with van der Waals surface area (Å²) >= 11 is 1.55. The van der Waals surface area contributed by atoms with E-state index in [9.17, 15) is 9.18 Å². The quantitative estimate of drug-likeness (QED) is 0.754. The highest BCUT2D eigenvalue weighted by Crippen LogP contribution is 2.34. The van der Waals surface area contributed by atoms with Gasteiger partial charge in [-0.15, -0.1) is 11.3 Å². The van der Waals surface area contributed by atoms with Crippen LogP contribution >= 0.6 is 11.3 Å². The Labute approximate surface area is 143 Å². The van der Waals surface area contributed by atoms with Crippen molar-refractivity contribution < 1.29 is 9.18 Å². The molecule has 0 aliphatic carbocycles. The van der Waals surface area contributed by atoms with Gasteiger partial charge < -0.3 is 5.32 Å². The monoisotopic (exact) mass is 338 g/mol. The van der Waals surface area contributed by atoms with Crippen molar-refractivity contribution in [3.63, 3.8) is 0 Å². The number of halogens is 1. The van der Waals surface area contributed by atoms with Crippen molar-refractivity contribution in [1.29, 1.82) is 0 Å². The summed E-state index contributed by atoms with van der Waals surface area (Å²) in [6.07, 6.45) is 1.17. The summed E-state index contributed by atoms with van der Waals surface area (Å²) in [5.41, 5.74) is 5.69. The van der Waals surface area contributed by atoms with Gasteiger partial charge in [-0.3, -0.25) is 4.79 Å². The number of fused-ring (bicyclic) bond motifs is 1. The molecule has 24 heavy (non-hydrogen) atoms. The molecule has 1 aliphatic heterocycles. The second kappa shape index (κ2) is 5.83. The Morgan fingerprint density at radius 3 is 2.96 bits per heavy atom. The van der Waals surface area contributed by atoms with E-state index in [4.69, 9.17) is 4.98 Å². The van der Waals surface area contributed by atoms with Crippen molar-refractivity contribution in [2.45, 2.75) is 19.8 Å². The first-order valence-electron chi connectivity index (χ1n) is 7.81. The molecule has 3 nitrogen and oxygen atoms in total. The van der Waals surface area contributed by atoms with Gasteiger partial charge in [0.1, 0.15) is 10.8 Å². The first-order chi connectivity index (χ1) is 11.6. The predicted molar refractivity (Wildman–Crippen MR) is 94.7 cm³/mol. The third-order valence-electron chi connectivity index (χ3n) is 4.21. The van der Waals surface area contributed by atoms with Crippen LogP contribution in [0.3, 0.4) is 0 Å². The highest BCUT2D eigenvalue weighted by molar-refractivity contribution is 7.13. The molecule has 0 fully saturated rings. The molecule has 0 spiro atoms. The van der Waals surface area contributed by atoms with E-state index in [1.807, 2.05) is 30.5 Å². The van der Waals surface area contributed by atoms with Gasteiger partial charge in [0.25, 0.3) is 0 Å². The fourth-order valence-corrected chi connectivity index (χ4v) is 3.87. The molecular formula is C19H15FN2OS. The second-order valence-electron chi connectivity index (χ2n) is 5.79. The van der Waals surface area contributed by atoms with Crippen LogP contribution in [0, 0.1) is 5.82 Å². The van der Waals surface area contributed by atoms with Crippen LogP contribution in [-0.4, -0.2) is 10.9 Å². The number of anilines is 1. The summed E-state index contributed by atoms with van der Waals surface area (Å²) < 4.78 is 13.4. The molecule has 4 rings (SSSR count).